The Hall–Kier alpha value is -2.24. The van der Waals surface area contributed by atoms with Crippen LogP contribution in [0.15, 0.2) is 24.7 Å². The molecule has 2 aromatic heterocycles. The molecule has 0 bridgehead atoms. The highest BCUT2D eigenvalue weighted by Crippen LogP contribution is 2.28. The lowest BCUT2D eigenvalue weighted by Crippen LogP contribution is -2.35. The van der Waals surface area contributed by atoms with Crippen molar-refractivity contribution in [2.75, 3.05) is 37.0 Å². The summed E-state index contributed by atoms with van der Waals surface area (Å²) in [4.78, 5) is 22.3. The first-order valence-electron chi connectivity index (χ1n) is 7.67. The third-order valence-electron chi connectivity index (χ3n) is 3.98. The van der Waals surface area contributed by atoms with Crippen LogP contribution in [0.3, 0.4) is 0 Å². The van der Waals surface area contributed by atoms with Crippen molar-refractivity contribution in [2.24, 2.45) is 0 Å². The average molecular weight is 298 g/mol. The summed E-state index contributed by atoms with van der Waals surface area (Å²) in [6, 6.07) is 2.02. The van der Waals surface area contributed by atoms with Crippen molar-refractivity contribution in [3.8, 4) is 0 Å². The quantitative estimate of drug-likeness (QED) is 0.864. The molecule has 1 atom stereocenters. The number of aryl methyl sites for hydroxylation is 1. The Morgan fingerprint density at radius 1 is 1.23 bits per heavy atom. The number of rotatable bonds is 3. The molecule has 22 heavy (non-hydrogen) atoms. The van der Waals surface area contributed by atoms with E-state index in [0.717, 1.165) is 49.1 Å². The molecule has 116 valence electrons. The van der Waals surface area contributed by atoms with Crippen LogP contribution in [0.1, 0.15) is 30.3 Å². The second kappa shape index (κ2) is 6.25. The van der Waals surface area contributed by atoms with E-state index in [2.05, 4.69) is 19.9 Å². The first-order chi connectivity index (χ1) is 10.6. The van der Waals surface area contributed by atoms with Crippen LogP contribution in [0.4, 0.5) is 11.6 Å². The molecule has 6 heteroatoms. The van der Waals surface area contributed by atoms with Crippen molar-refractivity contribution in [3.63, 3.8) is 0 Å². The van der Waals surface area contributed by atoms with E-state index in [1.807, 2.05) is 38.2 Å². The van der Waals surface area contributed by atoms with Crippen molar-refractivity contribution < 1.29 is 0 Å². The van der Waals surface area contributed by atoms with Gasteiger partial charge in [-0.05, 0) is 19.8 Å². The Balaban J connectivity index is 1.83. The zero-order valence-corrected chi connectivity index (χ0v) is 13.4. The van der Waals surface area contributed by atoms with Gasteiger partial charge in [-0.3, -0.25) is 4.98 Å². The summed E-state index contributed by atoms with van der Waals surface area (Å²) in [6.45, 7) is 3.94. The van der Waals surface area contributed by atoms with Gasteiger partial charge in [0.2, 0.25) is 0 Å². The lowest BCUT2D eigenvalue weighted by atomic mass is 9.97. The molecule has 0 radical (unpaired) electrons. The molecular weight excluding hydrogens is 276 g/mol. The van der Waals surface area contributed by atoms with Crippen molar-refractivity contribution >= 4 is 11.6 Å². The Kier molecular flexibility index (Phi) is 4.18. The normalized spacial score (nSPS) is 18.3. The van der Waals surface area contributed by atoms with E-state index in [4.69, 9.17) is 4.98 Å². The molecule has 3 heterocycles. The first-order valence-corrected chi connectivity index (χ1v) is 7.67. The molecule has 1 aliphatic heterocycles. The molecule has 3 rings (SSSR count). The topological polar surface area (TPSA) is 58.0 Å². The molecule has 1 aliphatic rings. The molecule has 0 aromatic carbocycles. The fourth-order valence-corrected chi connectivity index (χ4v) is 2.84. The predicted octanol–water partition coefficient (Wildman–Crippen LogP) is 2.03. The lowest BCUT2D eigenvalue weighted by molar-refractivity contribution is 0.487. The molecular formula is C16H22N6. The number of aromatic nitrogens is 4. The Morgan fingerprint density at radius 3 is 2.82 bits per heavy atom. The Bertz CT molecular complexity index is 628. The minimum Gasteiger partial charge on any atom is -0.363 e. The molecule has 6 nitrogen and oxygen atoms in total. The smallest absolute Gasteiger partial charge is 0.147 e. The molecule has 1 unspecified atom stereocenters. The van der Waals surface area contributed by atoms with E-state index in [9.17, 15) is 0 Å². The number of piperidine rings is 1. The van der Waals surface area contributed by atoms with Crippen LogP contribution >= 0.6 is 0 Å². The van der Waals surface area contributed by atoms with Gasteiger partial charge in [0.25, 0.3) is 0 Å². The van der Waals surface area contributed by atoms with Crippen LogP contribution in [-0.2, 0) is 0 Å². The molecule has 0 amide bonds. The van der Waals surface area contributed by atoms with Gasteiger partial charge in [0.1, 0.15) is 17.5 Å². The summed E-state index contributed by atoms with van der Waals surface area (Å²) >= 11 is 0. The van der Waals surface area contributed by atoms with Crippen LogP contribution in [0.25, 0.3) is 0 Å². The summed E-state index contributed by atoms with van der Waals surface area (Å²) in [6.07, 6.45) is 7.51. The third-order valence-corrected chi connectivity index (χ3v) is 3.98. The minimum atomic E-state index is 0.342. The number of hydrogen-bond donors (Lipinski definition) is 0. The van der Waals surface area contributed by atoms with E-state index in [0.29, 0.717) is 5.92 Å². The Morgan fingerprint density at radius 2 is 2.09 bits per heavy atom. The maximum atomic E-state index is 4.74. The molecule has 0 saturated carbocycles. The maximum absolute atomic E-state index is 4.74. The van der Waals surface area contributed by atoms with Crippen molar-refractivity contribution in [1.29, 1.82) is 0 Å². The molecule has 0 N–H and O–H groups in total. The van der Waals surface area contributed by atoms with Crippen LogP contribution in [-0.4, -0.2) is 47.1 Å². The fourth-order valence-electron chi connectivity index (χ4n) is 2.84. The summed E-state index contributed by atoms with van der Waals surface area (Å²) in [7, 11) is 4.02. The van der Waals surface area contributed by atoms with Gasteiger partial charge in [-0.15, -0.1) is 0 Å². The largest absolute Gasteiger partial charge is 0.363 e. The molecule has 2 aromatic rings. The second-order valence-corrected chi connectivity index (χ2v) is 5.97. The van der Waals surface area contributed by atoms with Crippen LogP contribution in [0, 0.1) is 6.92 Å². The SMILES string of the molecule is Cc1cc(N(C)C)nc(C2CCCN(c3cnccn3)C2)n1. The van der Waals surface area contributed by atoms with E-state index in [1.165, 1.54) is 0 Å². The van der Waals surface area contributed by atoms with Gasteiger partial charge in [-0.2, -0.15) is 0 Å². The molecule has 0 aliphatic carbocycles. The Labute approximate surface area is 131 Å². The van der Waals surface area contributed by atoms with Gasteiger partial charge in [0.15, 0.2) is 0 Å². The van der Waals surface area contributed by atoms with E-state index in [-0.39, 0.29) is 0 Å². The minimum absolute atomic E-state index is 0.342. The van der Waals surface area contributed by atoms with Crippen LogP contribution in [0.5, 0.6) is 0 Å². The van der Waals surface area contributed by atoms with Gasteiger partial charge in [0.05, 0.1) is 6.20 Å². The average Bonchev–Trinajstić information content (AvgIpc) is 2.55. The monoisotopic (exact) mass is 298 g/mol. The maximum Gasteiger partial charge on any atom is 0.147 e. The van der Waals surface area contributed by atoms with Crippen molar-refractivity contribution in [2.45, 2.75) is 25.7 Å². The van der Waals surface area contributed by atoms with E-state index < -0.39 is 0 Å². The summed E-state index contributed by atoms with van der Waals surface area (Å²) < 4.78 is 0. The van der Waals surface area contributed by atoms with Gasteiger partial charge in [0, 0.05) is 57.3 Å². The molecule has 1 fully saturated rings. The predicted molar refractivity (Wildman–Crippen MR) is 87.3 cm³/mol. The number of hydrogen-bond acceptors (Lipinski definition) is 6. The van der Waals surface area contributed by atoms with E-state index >= 15 is 0 Å². The fraction of sp³-hybridized carbons (Fsp3) is 0.500. The number of anilines is 2. The third kappa shape index (κ3) is 3.16. The zero-order chi connectivity index (χ0) is 15.5. The molecule has 0 spiro atoms. The van der Waals surface area contributed by atoms with Gasteiger partial charge >= 0.3 is 0 Å². The first kappa shape index (κ1) is 14.7. The van der Waals surface area contributed by atoms with Crippen LogP contribution in [0.2, 0.25) is 0 Å². The zero-order valence-electron chi connectivity index (χ0n) is 13.4. The standard InChI is InChI=1S/C16H22N6/c1-12-9-14(21(2)3)20-16(19-12)13-5-4-8-22(11-13)15-10-17-6-7-18-15/h6-7,9-10,13H,4-5,8,11H2,1-3H3. The van der Waals surface area contributed by atoms with Gasteiger partial charge < -0.3 is 9.80 Å². The number of nitrogens with zero attached hydrogens (tertiary/aromatic N) is 6. The summed E-state index contributed by atoms with van der Waals surface area (Å²) in [5, 5.41) is 0. The highest BCUT2D eigenvalue weighted by molar-refractivity contribution is 5.40. The van der Waals surface area contributed by atoms with Gasteiger partial charge in [-0.1, -0.05) is 0 Å². The highest BCUT2D eigenvalue weighted by Gasteiger charge is 2.25. The van der Waals surface area contributed by atoms with Crippen molar-refractivity contribution in [1.82, 2.24) is 19.9 Å². The molecule has 1 saturated heterocycles. The van der Waals surface area contributed by atoms with Gasteiger partial charge in [-0.25, -0.2) is 15.0 Å². The van der Waals surface area contributed by atoms with Crippen LogP contribution < -0.4 is 9.80 Å². The lowest BCUT2D eigenvalue weighted by Gasteiger charge is -2.32. The van der Waals surface area contributed by atoms with Crippen molar-refractivity contribution in [3.05, 3.63) is 36.2 Å². The highest BCUT2D eigenvalue weighted by atomic mass is 15.2. The second-order valence-electron chi connectivity index (χ2n) is 5.97. The summed E-state index contributed by atoms with van der Waals surface area (Å²) in [5.74, 6) is 3.19. The van der Waals surface area contributed by atoms with E-state index in [1.54, 1.807) is 12.4 Å². The summed E-state index contributed by atoms with van der Waals surface area (Å²) in [5.41, 5.74) is 1.02.